The van der Waals surface area contributed by atoms with Gasteiger partial charge < -0.3 is 0 Å². The van der Waals surface area contributed by atoms with Gasteiger partial charge in [0.25, 0.3) is 10.1 Å². The van der Waals surface area contributed by atoms with Gasteiger partial charge in [-0.3, -0.25) is 4.55 Å². The Morgan fingerprint density at radius 3 is 2.42 bits per heavy atom. The van der Waals surface area contributed by atoms with Crippen LogP contribution in [0.2, 0.25) is 0 Å². The van der Waals surface area contributed by atoms with Crippen molar-refractivity contribution < 1.29 is 52.4 Å². The molecule has 5 rings (SSSR count). The van der Waals surface area contributed by atoms with Gasteiger partial charge in [-0.1, -0.05) is 24.3 Å². The summed E-state index contributed by atoms with van der Waals surface area (Å²) in [6.45, 7) is 0. The van der Waals surface area contributed by atoms with Gasteiger partial charge in [-0.25, -0.2) is 0 Å². The van der Waals surface area contributed by atoms with Gasteiger partial charge in [-0.05, 0) is 28.0 Å². The average Bonchev–Trinajstić information content (AvgIpc) is 2.79. The van der Waals surface area contributed by atoms with Crippen LogP contribution in [0.1, 0.15) is 28.8 Å². The molecule has 4 aliphatic rings. The second-order valence-corrected chi connectivity index (χ2v) is 6.21. The summed E-state index contributed by atoms with van der Waals surface area (Å²) in [5, 5.41) is 1.70. The second-order valence-electron chi connectivity index (χ2n) is 4.61. The molecule has 19 heavy (non-hydrogen) atoms. The van der Waals surface area contributed by atoms with E-state index in [0.29, 0.717) is 5.56 Å². The Balaban J connectivity index is 0.00000110. The van der Waals surface area contributed by atoms with Crippen molar-refractivity contribution in [3.63, 3.8) is 0 Å². The molecule has 1 aromatic carbocycles. The molecule has 0 spiro atoms. The molecule has 1 aromatic rings. The van der Waals surface area contributed by atoms with Crippen LogP contribution < -0.4 is 29.6 Å². The van der Waals surface area contributed by atoms with Crippen molar-refractivity contribution in [3.05, 3.63) is 35.4 Å². The minimum atomic E-state index is -4.14. The first kappa shape index (κ1) is 13.9. The first-order valence-electron chi connectivity index (χ1n) is 5.55. The molecule has 0 aromatic heterocycles. The number of hydrogen-bond donors (Lipinski definition) is 1. The second kappa shape index (κ2) is 4.48. The third kappa shape index (κ3) is 1.91. The Labute approximate surface area is 131 Å². The minimum absolute atomic E-state index is 0. The topological polar surface area (TPSA) is 79.3 Å². The normalized spacial score (nSPS) is 38.7. The SMILES string of the molecule is O=S(=O)(O)C1CC2C(c3ccccc31)N1ON2O1.[Na+]. The van der Waals surface area contributed by atoms with E-state index < -0.39 is 15.4 Å². The summed E-state index contributed by atoms with van der Waals surface area (Å²) >= 11 is 0. The predicted octanol–water partition coefficient (Wildman–Crippen LogP) is -2.24. The molecule has 0 amide bonds. The van der Waals surface area contributed by atoms with Crippen molar-refractivity contribution in [2.24, 2.45) is 0 Å². The van der Waals surface area contributed by atoms with Crippen molar-refractivity contribution in [2.45, 2.75) is 23.8 Å². The molecule has 2 bridgehead atoms. The number of nitrogens with zero attached hydrogens (tertiary/aromatic N) is 2. The van der Waals surface area contributed by atoms with Crippen molar-refractivity contribution in [3.8, 4) is 0 Å². The Morgan fingerprint density at radius 2 is 1.79 bits per heavy atom. The van der Waals surface area contributed by atoms with Crippen LogP contribution in [0.3, 0.4) is 0 Å². The summed E-state index contributed by atoms with van der Waals surface area (Å²) in [5.74, 6) is 0. The van der Waals surface area contributed by atoms with E-state index in [-0.39, 0.29) is 48.1 Å². The van der Waals surface area contributed by atoms with Crippen molar-refractivity contribution >= 4 is 10.1 Å². The number of rotatable bonds is 1. The summed E-state index contributed by atoms with van der Waals surface area (Å²) in [4.78, 5) is 10.4. The minimum Gasteiger partial charge on any atom is -0.285 e. The Bertz CT molecular complexity index is 618. The van der Waals surface area contributed by atoms with E-state index in [1.165, 1.54) is 10.5 Å². The summed E-state index contributed by atoms with van der Waals surface area (Å²) in [5.41, 5.74) is 1.43. The van der Waals surface area contributed by atoms with E-state index in [1.807, 2.05) is 12.1 Å². The largest absolute Gasteiger partial charge is 1.00 e. The zero-order valence-electron chi connectivity index (χ0n) is 10.1. The van der Waals surface area contributed by atoms with Gasteiger partial charge in [0.15, 0.2) is 0 Å². The fourth-order valence-corrected chi connectivity index (χ4v) is 3.86. The number of fused-ring (bicyclic) bond motifs is 1. The van der Waals surface area contributed by atoms with E-state index >= 15 is 0 Å². The first-order valence-corrected chi connectivity index (χ1v) is 7.06. The monoisotopic (exact) mass is 293 g/mol. The van der Waals surface area contributed by atoms with Crippen LogP contribution in [-0.2, 0) is 20.0 Å². The van der Waals surface area contributed by atoms with Gasteiger partial charge >= 0.3 is 29.6 Å². The van der Waals surface area contributed by atoms with Crippen LogP contribution in [0.25, 0.3) is 0 Å². The fourth-order valence-electron chi connectivity index (χ4n) is 2.88. The standard InChI is InChI=1S/C10H10N2O5S.Na/c13-18(14,15)9-5-8-10(12-16-11(8)17-12)7-4-2-1-3-6(7)9;/h1-4,8-10H,5H2,(H,13,14,15);/q;+1. The predicted molar refractivity (Wildman–Crippen MR) is 57.7 cm³/mol. The van der Waals surface area contributed by atoms with Crippen LogP contribution in [0.15, 0.2) is 24.3 Å². The van der Waals surface area contributed by atoms with Gasteiger partial charge in [0.2, 0.25) is 0 Å². The van der Waals surface area contributed by atoms with Crippen molar-refractivity contribution in [2.75, 3.05) is 0 Å². The van der Waals surface area contributed by atoms with E-state index in [1.54, 1.807) is 12.1 Å². The maximum absolute atomic E-state index is 11.5. The molecule has 3 fully saturated rings. The number of hydroxylamine groups is 4. The van der Waals surface area contributed by atoms with Gasteiger partial charge in [0.05, 0.1) is 6.04 Å². The summed E-state index contributed by atoms with van der Waals surface area (Å²) in [6.07, 6.45) is 0.247. The Kier molecular flexibility index (Phi) is 3.29. The molecule has 3 saturated heterocycles. The molecule has 3 atom stereocenters. The molecule has 9 heteroatoms. The molecule has 3 heterocycles. The summed E-state index contributed by atoms with van der Waals surface area (Å²) in [6, 6.07) is 6.78. The third-order valence-corrected chi connectivity index (χ3v) is 4.83. The molecule has 3 aliphatic heterocycles. The molecule has 96 valence electrons. The number of hydrogen-bond acceptors (Lipinski definition) is 6. The van der Waals surface area contributed by atoms with Gasteiger partial charge in [-0.15, -0.1) is 0 Å². The van der Waals surface area contributed by atoms with Gasteiger partial charge in [-0.2, -0.15) is 18.3 Å². The van der Waals surface area contributed by atoms with Gasteiger partial charge in [0, 0.05) is 0 Å². The molecule has 1 aliphatic carbocycles. The Hall–Kier alpha value is -0.0300. The average molecular weight is 293 g/mol. The summed E-state index contributed by atoms with van der Waals surface area (Å²) < 4.78 is 32.4. The maximum Gasteiger partial charge on any atom is 1.00 e. The molecule has 7 nitrogen and oxygen atoms in total. The molecule has 1 N–H and O–H groups in total. The van der Waals surface area contributed by atoms with E-state index in [0.717, 1.165) is 5.56 Å². The Morgan fingerprint density at radius 1 is 1.16 bits per heavy atom. The molecular formula is C10H10N2NaO5S+. The van der Waals surface area contributed by atoms with Crippen LogP contribution >= 0.6 is 0 Å². The van der Waals surface area contributed by atoms with E-state index in [9.17, 15) is 13.0 Å². The fraction of sp³-hybridized carbons (Fsp3) is 0.400. The van der Waals surface area contributed by atoms with Crippen LogP contribution in [0.5, 0.6) is 0 Å². The molecular weight excluding hydrogens is 283 g/mol. The third-order valence-electron chi connectivity index (χ3n) is 3.66. The molecule has 3 unspecified atom stereocenters. The molecule has 0 radical (unpaired) electrons. The smallest absolute Gasteiger partial charge is 0.285 e. The quantitative estimate of drug-likeness (QED) is 0.463. The van der Waals surface area contributed by atoms with Crippen LogP contribution in [0, 0.1) is 0 Å². The van der Waals surface area contributed by atoms with E-state index in [4.69, 9.17) is 9.88 Å². The number of benzene rings is 1. The zero-order valence-corrected chi connectivity index (χ0v) is 12.9. The van der Waals surface area contributed by atoms with Crippen molar-refractivity contribution in [1.29, 1.82) is 0 Å². The van der Waals surface area contributed by atoms with Crippen LogP contribution in [-0.4, -0.2) is 29.5 Å². The van der Waals surface area contributed by atoms with Crippen LogP contribution in [0.4, 0.5) is 0 Å². The zero-order chi connectivity index (χ0) is 12.5. The molecule has 0 saturated carbocycles. The van der Waals surface area contributed by atoms with Gasteiger partial charge in [0.1, 0.15) is 11.3 Å². The summed E-state index contributed by atoms with van der Waals surface area (Å²) in [7, 11) is -4.14. The van der Waals surface area contributed by atoms with E-state index in [2.05, 4.69) is 0 Å². The first-order chi connectivity index (χ1) is 8.55. The maximum atomic E-state index is 11.5. The van der Waals surface area contributed by atoms with Crippen molar-refractivity contribution in [1.82, 2.24) is 10.5 Å².